The van der Waals surface area contributed by atoms with Gasteiger partial charge in [0.05, 0.1) is 13.2 Å². The Balaban J connectivity index is -0.000000277. The van der Waals surface area contributed by atoms with E-state index in [0.717, 1.165) is 93.9 Å². The smallest absolute Gasteiger partial charge is 1.00 e. The van der Waals surface area contributed by atoms with Crippen molar-refractivity contribution in [3.8, 4) is 11.4 Å². The summed E-state index contributed by atoms with van der Waals surface area (Å²) >= 11 is 0. The van der Waals surface area contributed by atoms with Gasteiger partial charge in [-0.1, -0.05) is 41.5 Å². The van der Waals surface area contributed by atoms with Gasteiger partial charge in [-0.05, 0) is 88.3 Å². The van der Waals surface area contributed by atoms with Crippen LogP contribution < -0.4 is 123 Å². The molecule has 0 radical (unpaired) electrons. The molecule has 2 aliphatic heterocycles. The van der Waals surface area contributed by atoms with Gasteiger partial charge in [0.15, 0.2) is 5.82 Å². The number of benzene rings is 2. The average Bonchev–Trinajstić information content (AvgIpc) is 3.23. The van der Waals surface area contributed by atoms with E-state index in [0.29, 0.717) is 30.5 Å². The van der Waals surface area contributed by atoms with E-state index in [1.807, 2.05) is 51.8 Å². The maximum Gasteiger partial charge on any atom is 1.00 e. The maximum atomic E-state index is 12.4. The number of hydrogen-bond acceptors (Lipinski definition) is 10. The number of amides is 2. The monoisotopic (exact) mass is 858 g/mol. The van der Waals surface area contributed by atoms with E-state index in [2.05, 4.69) is 72.3 Å². The first-order valence-electron chi connectivity index (χ1n) is 19.9. The summed E-state index contributed by atoms with van der Waals surface area (Å²) in [4.78, 5) is 46.4. The van der Waals surface area contributed by atoms with Crippen LogP contribution in [0.25, 0.3) is 11.4 Å². The van der Waals surface area contributed by atoms with E-state index in [4.69, 9.17) is 19.7 Å². The summed E-state index contributed by atoms with van der Waals surface area (Å²) in [5, 5.41) is 5.85. The van der Waals surface area contributed by atoms with Crippen LogP contribution in [0, 0.1) is 21.8 Å². The summed E-state index contributed by atoms with van der Waals surface area (Å²) in [7, 11) is 6.09. The average molecular weight is 858 g/mol. The van der Waals surface area contributed by atoms with Gasteiger partial charge in [-0.2, -0.15) is 21.9 Å². The second-order valence-corrected chi connectivity index (χ2v) is 12.4. The van der Waals surface area contributed by atoms with Crippen LogP contribution in [0.3, 0.4) is 0 Å². The largest absolute Gasteiger partial charge is 1.00 e. The number of likely N-dealkylation sites (tertiary alicyclic amines) is 1. The molecule has 14 heteroatoms. The molecule has 320 valence electrons. The molecule has 0 aliphatic carbocycles. The molecule has 2 saturated heterocycles. The third-order valence-electron chi connectivity index (χ3n) is 8.54. The van der Waals surface area contributed by atoms with E-state index in [1.165, 1.54) is 6.92 Å². The topological polar surface area (TPSA) is 119 Å². The number of aromatic nitrogens is 3. The molecule has 12 nitrogen and oxygen atoms in total. The third kappa shape index (κ3) is 22.2. The molecule has 2 aromatic carbocycles. The molecular weight excluding hydrogens is 781 g/mol. The molecule has 2 amide bonds. The standard InChI is InChI=1S/C20H30N6O.C16H23N3O2.2C2H6.C2H5.2CH3.2K.H/c1-4-10-25(11-5-2)19-22-18(16-6-8-17(21-3)9-7-16)23-20(24-19)26-12-14-27-15-13-26;1-12(20)17-14-6-4-13(5-7-14)16(21)19-10-8-15(9-11-19)18(2)3;3*1-2;;;;;/h6-9,21H,4-5,10-15H2,1-3H3;4-7,15H,8-11H2,1-3H3,(H,17,20);2*1-2H3;1H2,2H3;2*1H3;;;/q;;;;3*-1;2*+1;-1. The Morgan fingerprint density at radius 2 is 1.31 bits per heavy atom. The minimum Gasteiger partial charge on any atom is -1.00 e. The first-order valence-corrected chi connectivity index (χ1v) is 19.9. The van der Waals surface area contributed by atoms with Crippen LogP contribution in [0.4, 0.5) is 23.3 Å². The number of morpholine rings is 1. The maximum absolute atomic E-state index is 12.4. The van der Waals surface area contributed by atoms with Crippen molar-refractivity contribution in [1.29, 1.82) is 0 Å². The SMILES string of the molecule is CC.CC.CC(=O)Nc1ccc(C(=O)N2CCC(N(C)C)CC2)cc1.CCCN(CCC)c1nc(-c2ccc(NC)cc2)nc(N2CCOCC2)n1.[CH2-]C.[CH3-].[CH3-].[H-].[K+].[K+]. The fourth-order valence-electron chi connectivity index (χ4n) is 5.83. The van der Waals surface area contributed by atoms with Crippen molar-refractivity contribution in [2.75, 3.05) is 94.1 Å². The van der Waals surface area contributed by atoms with E-state index < -0.39 is 0 Å². The summed E-state index contributed by atoms with van der Waals surface area (Å²) in [6.45, 7) is 25.4. The molecule has 0 saturated carbocycles. The van der Waals surface area contributed by atoms with Gasteiger partial charge < -0.3 is 58.2 Å². The minimum atomic E-state index is -0.111. The van der Waals surface area contributed by atoms with E-state index in [-0.39, 0.29) is 131 Å². The van der Waals surface area contributed by atoms with Crippen LogP contribution in [0.15, 0.2) is 48.5 Å². The van der Waals surface area contributed by atoms with E-state index in [1.54, 1.807) is 31.2 Å². The van der Waals surface area contributed by atoms with Crippen molar-refractivity contribution < 1.29 is 119 Å². The number of nitrogens with one attached hydrogen (secondary N) is 2. The van der Waals surface area contributed by atoms with Crippen LogP contribution in [0.1, 0.15) is 92.9 Å². The molecule has 0 spiro atoms. The van der Waals surface area contributed by atoms with Crippen molar-refractivity contribution in [3.05, 3.63) is 75.9 Å². The molecule has 58 heavy (non-hydrogen) atoms. The van der Waals surface area contributed by atoms with Gasteiger partial charge in [-0.25, -0.2) is 0 Å². The molecule has 0 atom stereocenters. The number of anilines is 4. The van der Waals surface area contributed by atoms with Crippen LogP contribution in [-0.4, -0.2) is 116 Å². The van der Waals surface area contributed by atoms with Crippen molar-refractivity contribution in [1.82, 2.24) is 24.8 Å². The minimum absolute atomic E-state index is 0. The molecule has 2 N–H and O–H groups in total. The molecule has 3 aromatic rings. The Hall–Kier alpha value is -1.02. The molecule has 0 bridgehead atoms. The molecule has 1 aromatic heterocycles. The fraction of sp³-hybridized carbons (Fsp3) is 0.545. The van der Waals surface area contributed by atoms with E-state index in [9.17, 15) is 9.59 Å². The summed E-state index contributed by atoms with van der Waals surface area (Å²) in [5.74, 6) is 2.19. The molecule has 0 unspecified atom stereocenters. The first kappa shape index (κ1) is 63.6. The van der Waals surface area contributed by atoms with Gasteiger partial charge >= 0.3 is 103 Å². The summed E-state index contributed by atoms with van der Waals surface area (Å²) < 4.78 is 5.49. The molecule has 2 fully saturated rings. The Morgan fingerprint density at radius 3 is 1.76 bits per heavy atom. The molecule has 5 rings (SSSR count). The number of ether oxygens (including phenoxy) is 1. The third-order valence-corrected chi connectivity index (χ3v) is 8.54. The Kier molecular flexibility index (Phi) is 41.4. The molecule has 3 heterocycles. The first-order chi connectivity index (χ1) is 26.2. The number of rotatable bonds is 11. The predicted molar refractivity (Wildman–Crippen MR) is 242 cm³/mol. The van der Waals surface area contributed by atoms with Crippen molar-refractivity contribution in [3.63, 3.8) is 0 Å². The van der Waals surface area contributed by atoms with Gasteiger partial charge in [0, 0.05) is 81.8 Å². The predicted octanol–water partition coefficient (Wildman–Crippen LogP) is 2.77. The fourth-order valence-corrected chi connectivity index (χ4v) is 5.83. The molecular formula is C44H77K2N9O3-2. The van der Waals surface area contributed by atoms with Crippen LogP contribution in [0.5, 0.6) is 0 Å². The number of nitrogens with zero attached hydrogens (tertiary/aromatic N) is 7. The molecule has 2 aliphatic rings. The summed E-state index contributed by atoms with van der Waals surface area (Å²) in [5.41, 5.74) is 3.46. The van der Waals surface area contributed by atoms with Gasteiger partial charge in [-0.15, -0.1) is 0 Å². The van der Waals surface area contributed by atoms with Gasteiger partial charge in [0.25, 0.3) is 5.91 Å². The van der Waals surface area contributed by atoms with Crippen molar-refractivity contribution in [2.24, 2.45) is 0 Å². The quantitative estimate of drug-likeness (QED) is 0.220. The zero-order valence-electron chi connectivity index (χ0n) is 40.2. The number of piperidine rings is 1. The van der Waals surface area contributed by atoms with Gasteiger partial charge in [-0.3, -0.25) is 9.59 Å². The zero-order chi connectivity index (χ0) is 40.5. The van der Waals surface area contributed by atoms with Crippen LogP contribution in [0.2, 0.25) is 0 Å². The second-order valence-electron chi connectivity index (χ2n) is 12.4. The van der Waals surface area contributed by atoms with Crippen LogP contribution in [-0.2, 0) is 9.53 Å². The van der Waals surface area contributed by atoms with Crippen LogP contribution >= 0.6 is 0 Å². The Morgan fingerprint density at radius 1 is 0.810 bits per heavy atom. The van der Waals surface area contributed by atoms with Gasteiger partial charge in [0.1, 0.15) is 0 Å². The summed E-state index contributed by atoms with van der Waals surface area (Å²) in [6, 6.07) is 15.8. The number of hydrogen-bond donors (Lipinski definition) is 2. The zero-order valence-corrected chi connectivity index (χ0v) is 45.5. The van der Waals surface area contributed by atoms with E-state index >= 15 is 0 Å². The van der Waals surface area contributed by atoms with Crippen molar-refractivity contribution >= 4 is 35.1 Å². The number of carbonyl (C=O) groups is 2. The Labute approximate surface area is 441 Å². The number of carbonyl (C=O) groups excluding carboxylic acids is 2. The van der Waals surface area contributed by atoms with Crippen molar-refractivity contribution in [2.45, 2.75) is 87.1 Å². The van der Waals surface area contributed by atoms with Gasteiger partial charge in [0.2, 0.25) is 17.8 Å². The summed E-state index contributed by atoms with van der Waals surface area (Å²) in [6.07, 6.45) is 4.15. The normalized spacial score (nSPS) is 12.8. The Bertz CT molecular complexity index is 1450. The second kappa shape index (κ2) is 37.7.